The number of hydrogen-bond acceptors (Lipinski definition) is 3. The fraction of sp³-hybridized carbons (Fsp3) is 0.727. The number of fused-ring (bicyclic) bond motifs is 1. The van der Waals surface area contributed by atoms with Gasteiger partial charge in [0.2, 0.25) is 0 Å². The Kier molecular flexibility index (Phi) is 2.10. The molecule has 1 N–H and O–H groups in total. The Morgan fingerprint density at radius 1 is 1.21 bits per heavy atom. The number of aromatic nitrogens is 1. The summed E-state index contributed by atoms with van der Waals surface area (Å²) in [4.78, 5) is 5.97. The summed E-state index contributed by atoms with van der Waals surface area (Å²) in [7, 11) is 0. The molecule has 1 atom stereocenters. The molecule has 14 heavy (non-hydrogen) atoms. The van der Waals surface area contributed by atoms with Gasteiger partial charge in [-0.2, -0.15) is 0 Å². The molecule has 1 aromatic rings. The second-order valence-corrected chi connectivity index (χ2v) is 5.51. The second-order valence-electron chi connectivity index (χ2n) is 4.40. The lowest BCUT2D eigenvalue weighted by Gasteiger charge is -2.22. The highest BCUT2D eigenvalue weighted by molar-refractivity contribution is 7.11. The van der Waals surface area contributed by atoms with E-state index in [0.29, 0.717) is 0 Å². The maximum absolute atomic E-state index is 9.79. The molecule has 3 heteroatoms. The highest BCUT2D eigenvalue weighted by Gasteiger charge is 2.28. The minimum atomic E-state index is -0.274. The van der Waals surface area contributed by atoms with Crippen molar-refractivity contribution < 1.29 is 5.11 Å². The van der Waals surface area contributed by atoms with Crippen molar-refractivity contribution >= 4 is 11.3 Å². The molecular formula is C11H15NOS. The molecule has 1 fully saturated rings. The highest BCUT2D eigenvalue weighted by atomic mass is 32.1. The van der Waals surface area contributed by atoms with Crippen LogP contribution in [0, 0.1) is 0 Å². The van der Waals surface area contributed by atoms with Crippen molar-refractivity contribution in [1.82, 2.24) is 4.98 Å². The number of hydrogen-bond donors (Lipinski definition) is 1. The van der Waals surface area contributed by atoms with Crippen LogP contribution < -0.4 is 0 Å². The number of aryl methyl sites for hydroxylation is 1. The standard InChI is InChI=1S/C11H15NOS/c13-8-5-2-6-9-10(8)12-11(14-9)7-3-1-4-7/h7-8,13H,1-6H2. The molecule has 0 spiro atoms. The maximum Gasteiger partial charge on any atom is 0.0971 e. The van der Waals surface area contributed by atoms with Crippen molar-refractivity contribution in [3.05, 3.63) is 15.6 Å². The van der Waals surface area contributed by atoms with Crippen LogP contribution in [0.25, 0.3) is 0 Å². The normalized spacial score (nSPS) is 27.1. The SMILES string of the molecule is OC1CCCc2sc(C3CCC3)nc21. The van der Waals surface area contributed by atoms with Gasteiger partial charge in [0.1, 0.15) is 0 Å². The summed E-state index contributed by atoms with van der Waals surface area (Å²) in [6.07, 6.45) is 6.87. The van der Waals surface area contributed by atoms with Gasteiger partial charge < -0.3 is 5.11 Å². The molecule has 0 bridgehead atoms. The largest absolute Gasteiger partial charge is 0.387 e. The van der Waals surface area contributed by atoms with Gasteiger partial charge in [0, 0.05) is 10.8 Å². The number of rotatable bonds is 1. The average Bonchev–Trinajstić information content (AvgIpc) is 2.46. The van der Waals surface area contributed by atoms with Gasteiger partial charge in [-0.1, -0.05) is 6.42 Å². The quantitative estimate of drug-likeness (QED) is 0.771. The summed E-state index contributed by atoms with van der Waals surface area (Å²) in [5.74, 6) is 0.720. The van der Waals surface area contributed by atoms with Crippen molar-refractivity contribution in [3.8, 4) is 0 Å². The zero-order chi connectivity index (χ0) is 9.54. The first-order chi connectivity index (χ1) is 6.84. The van der Waals surface area contributed by atoms with Crippen LogP contribution in [0.2, 0.25) is 0 Å². The Morgan fingerprint density at radius 2 is 2.07 bits per heavy atom. The lowest BCUT2D eigenvalue weighted by Crippen LogP contribution is -2.10. The van der Waals surface area contributed by atoms with Crippen LogP contribution in [0.4, 0.5) is 0 Å². The van der Waals surface area contributed by atoms with Gasteiger partial charge in [0.05, 0.1) is 16.8 Å². The first kappa shape index (κ1) is 8.86. The van der Waals surface area contributed by atoms with Crippen LogP contribution in [0.5, 0.6) is 0 Å². The minimum absolute atomic E-state index is 0.274. The Hall–Kier alpha value is -0.410. The van der Waals surface area contributed by atoms with E-state index in [4.69, 9.17) is 0 Å². The van der Waals surface area contributed by atoms with E-state index in [2.05, 4.69) is 4.98 Å². The summed E-state index contributed by atoms with van der Waals surface area (Å²) < 4.78 is 0. The number of nitrogens with zero attached hydrogens (tertiary/aromatic N) is 1. The summed E-state index contributed by atoms with van der Waals surface area (Å²) in [6, 6.07) is 0. The van der Waals surface area contributed by atoms with E-state index >= 15 is 0 Å². The van der Waals surface area contributed by atoms with Crippen molar-refractivity contribution in [1.29, 1.82) is 0 Å². The summed E-state index contributed by atoms with van der Waals surface area (Å²) >= 11 is 1.85. The lowest BCUT2D eigenvalue weighted by atomic mass is 9.86. The first-order valence-corrected chi connectivity index (χ1v) is 6.34. The molecule has 76 valence electrons. The third-order valence-corrected chi connectivity index (χ3v) is 4.69. The van der Waals surface area contributed by atoms with Gasteiger partial charge in [0.15, 0.2) is 0 Å². The number of aliphatic hydroxyl groups is 1. The molecule has 2 aliphatic carbocycles. The van der Waals surface area contributed by atoms with Crippen LogP contribution >= 0.6 is 11.3 Å². The van der Waals surface area contributed by atoms with E-state index in [1.807, 2.05) is 11.3 Å². The van der Waals surface area contributed by atoms with Crippen LogP contribution in [0.3, 0.4) is 0 Å². The molecule has 2 nitrogen and oxygen atoms in total. The van der Waals surface area contributed by atoms with Gasteiger partial charge in [-0.3, -0.25) is 0 Å². The fourth-order valence-corrected chi connectivity index (χ4v) is 3.58. The monoisotopic (exact) mass is 209 g/mol. The van der Waals surface area contributed by atoms with Crippen molar-refractivity contribution in [2.24, 2.45) is 0 Å². The molecule has 1 aromatic heterocycles. The second kappa shape index (κ2) is 3.31. The van der Waals surface area contributed by atoms with Gasteiger partial charge in [-0.05, 0) is 32.1 Å². The van der Waals surface area contributed by atoms with Gasteiger partial charge in [0.25, 0.3) is 0 Å². The predicted octanol–water partition coefficient (Wildman–Crippen LogP) is 2.78. The maximum atomic E-state index is 9.79. The van der Waals surface area contributed by atoms with E-state index in [0.717, 1.165) is 30.9 Å². The van der Waals surface area contributed by atoms with E-state index < -0.39 is 0 Å². The molecule has 0 aliphatic heterocycles. The first-order valence-electron chi connectivity index (χ1n) is 5.52. The van der Waals surface area contributed by atoms with Crippen LogP contribution in [-0.4, -0.2) is 10.1 Å². The predicted molar refractivity (Wildman–Crippen MR) is 56.6 cm³/mol. The third kappa shape index (κ3) is 1.30. The minimum Gasteiger partial charge on any atom is -0.387 e. The van der Waals surface area contributed by atoms with Crippen LogP contribution in [0.15, 0.2) is 0 Å². The van der Waals surface area contributed by atoms with E-state index in [9.17, 15) is 5.11 Å². The molecule has 2 aliphatic rings. The molecule has 0 radical (unpaired) electrons. The van der Waals surface area contributed by atoms with Crippen molar-refractivity contribution in [2.45, 2.75) is 50.5 Å². The Bertz CT molecular complexity index is 343. The van der Waals surface area contributed by atoms with E-state index in [-0.39, 0.29) is 6.10 Å². The zero-order valence-corrected chi connectivity index (χ0v) is 9.02. The number of aliphatic hydroxyl groups excluding tert-OH is 1. The fourth-order valence-electron chi connectivity index (χ4n) is 2.24. The van der Waals surface area contributed by atoms with Crippen LogP contribution in [-0.2, 0) is 6.42 Å². The summed E-state index contributed by atoms with van der Waals surface area (Å²) in [5, 5.41) is 11.1. The molecule has 0 saturated heterocycles. The van der Waals surface area contributed by atoms with Crippen LogP contribution in [0.1, 0.15) is 59.7 Å². The topological polar surface area (TPSA) is 33.1 Å². The smallest absolute Gasteiger partial charge is 0.0971 e. The van der Waals surface area contributed by atoms with Gasteiger partial charge in [-0.15, -0.1) is 11.3 Å². The molecule has 1 heterocycles. The number of thiazole rings is 1. The lowest BCUT2D eigenvalue weighted by molar-refractivity contribution is 0.152. The van der Waals surface area contributed by atoms with Crippen molar-refractivity contribution in [3.63, 3.8) is 0 Å². The molecule has 1 saturated carbocycles. The Morgan fingerprint density at radius 3 is 2.71 bits per heavy atom. The van der Waals surface area contributed by atoms with Gasteiger partial charge in [-0.25, -0.2) is 4.98 Å². The van der Waals surface area contributed by atoms with Gasteiger partial charge >= 0.3 is 0 Å². The highest BCUT2D eigenvalue weighted by Crippen LogP contribution is 2.42. The average molecular weight is 209 g/mol. The summed E-state index contributed by atoms with van der Waals surface area (Å²) in [5.41, 5.74) is 1.00. The molecular weight excluding hydrogens is 194 g/mol. The molecule has 3 rings (SSSR count). The summed E-state index contributed by atoms with van der Waals surface area (Å²) in [6.45, 7) is 0. The van der Waals surface area contributed by atoms with E-state index in [1.165, 1.54) is 29.1 Å². The molecule has 0 amide bonds. The Labute approximate surface area is 88.0 Å². The van der Waals surface area contributed by atoms with Crippen molar-refractivity contribution in [2.75, 3.05) is 0 Å². The zero-order valence-electron chi connectivity index (χ0n) is 8.20. The molecule has 1 unspecified atom stereocenters. The van der Waals surface area contributed by atoms with E-state index in [1.54, 1.807) is 0 Å². The Balaban J connectivity index is 1.93. The third-order valence-electron chi connectivity index (χ3n) is 3.40. The molecule has 0 aromatic carbocycles.